The molecule has 0 saturated heterocycles. The zero-order valence-electron chi connectivity index (χ0n) is 22.9. The molecule has 1 aliphatic rings. The number of allylic oxidation sites excluding steroid dienone is 4. The number of rotatable bonds is 14. The number of ether oxygens (including phenoxy) is 3. The number of nitrogens with zero attached hydrogens (tertiary/aromatic N) is 2. The first-order valence-electron chi connectivity index (χ1n) is 13.2. The molecule has 0 unspecified atom stereocenters. The molecule has 0 aliphatic heterocycles. The van der Waals surface area contributed by atoms with E-state index >= 15 is 0 Å². The Morgan fingerprint density at radius 1 is 1.14 bits per heavy atom. The first-order chi connectivity index (χ1) is 20.6. The predicted octanol–water partition coefficient (Wildman–Crippen LogP) is 8.34. The summed E-state index contributed by atoms with van der Waals surface area (Å²) in [6.07, 6.45) is 3.74. The average molecular weight is 637 g/mol. The van der Waals surface area contributed by atoms with Crippen molar-refractivity contribution in [2.45, 2.75) is 45.4 Å². The number of aromatic hydroxyl groups is 2. The Labute approximate surface area is 255 Å². The molecule has 1 aromatic heterocycles. The summed E-state index contributed by atoms with van der Waals surface area (Å²) in [6.45, 7) is 1.94. The van der Waals surface area contributed by atoms with Crippen molar-refractivity contribution < 1.29 is 38.0 Å². The Morgan fingerprint density at radius 3 is 2.49 bits per heavy atom. The first-order valence-corrected chi connectivity index (χ1v) is 13.9. The number of hydrogen-bond acceptors (Lipinski definition) is 8. The van der Waals surface area contributed by atoms with E-state index in [1.165, 1.54) is 42.5 Å². The zero-order valence-corrected chi connectivity index (χ0v) is 24.4. The fourth-order valence-electron chi connectivity index (χ4n) is 4.38. The molecule has 2 aromatic carbocycles. The minimum atomic E-state index is -3.09. The van der Waals surface area contributed by atoms with Gasteiger partial charge in [0.1, 0.15) is 18.3 Å². The minimum absolute atomic E-state index is 0.0147. The van der Waals surface area contributed by atoms with E-state index < -0.39 is 37.0 Å². The van der Waals surface area contributed by atoms with E-state index in [1.807, 2.05) is 0 Å². The second-order valence-electron chi connectivity index (χ2n) is 9.74. The van der Waals surface area contributed by atoms with Crippen LogP contribution in [-0.2, 0) is 16.1 Å². The largest absolute Gasteiger partial charge is 0.494 e. The van der Waals surface area contributed by atoms with E-state index in [4.69, 9.17) is 32.7 Å². The molecule has 1 aliphatic carbocycles. The smallest absolute Gasteiger partial charge is 0.387 e. The Kier molecular flexibility index (Phi) is 10.3. The number of esters is 1. The standard InChI is InChI=1S/C30H28Cl2F2N2O7/c1-3-22(31)21(23(32)4-2)13-25(17-7-10-24(43-30(33)34)26(11-17)41-15-16-5-6-16)42-27(37)14-36-28(38)19-9-8-18(35-40)12-20(19)29(36)39/h3-4,7-12,16,25,30,38-39H,1,5-6,13-15H2,2H3/b22-21+,23-4+/t25-/m0/s1. The van der Waals surface area contributed by atoms with Gasteiger partial charge in [-0.1, -0.05) is 48.0 Å². The molecule has 1 atom stereocenters. The first kappa shape index (κ1) is 31.8. The zero-order chi connectivity index (χ0) is 31.3. The fraction of sp³-hybridized carbons (Fsp3) is 0.300. The van der Waals surface area contributed by atoms with E-state index in [0.29, 0.717) is 23.7 Å². The van der Waals surface area contributed by atoms with E-state index in [0.717, 1.165) is 17.4 Å². The second kappa shape index (κ2) is 13.9. The van der Waals surface area contributed by atoms with Gasteiger partial charge in [-0.2, -0.15) is 8.78 Å². The Balaban J connectivity index is 1.70. The Hall–Kier alpha value is -4.09. The molecule has 0 bridgehead atoms. The molecule has 1 heterocycles. The van der Waals surface area contributed by atoms with Gasteiger partial charge in [0.05, 0.1) is 6.61 Å². The van der Waals surface area contributed by atoms with Crippen molar-refractivity contribution in [1.82, 2.24) is 4.57 Å². The quantitative estimate of drug-likeness (QED) is 0.104. The van der Waals surface area contributed by atoms with E-state index in [2.05, 4.69) is 16.5 Å². The molecule has 1 saturated carbocycles. The third-order valence-electron chi connectivity index (χ3n) is 6.79. The molecule has 3 aromatic rings. The predicted molar refractivity (Wildman–Crippen MR) is 158 cm³/mol. The Bertz CT molecular complexity index is 1600. The van der Waals surface area contributed by atoms with Crippen molar-refractivity contribution in [2.24, 2.45) is 11.1 Å². The molecule has 0 spiro atoms. The number of benzene rings is 2. The van der Waals surface area contributed by atoms with Crippen LogP contribution in [0.25, 0.3) is 10.8 Å². The van der Waals surface area contributed by atoms with Crippen LogP contribution in [0.3, 0.4) is 0 Å². The summed E-state index contributed by atoms with van der Waals surface area (Å²) in [5, 5.41) is 24.9. The van der Waals surface area contributed by atoms with Gasteiger partial charge in [0, 0.05) is 27.3 Å². The van der Waals surface area contributed by atoms with Gasteiger partial charge in [-0.15, -0.1) is 4.91 Å². The molecule has 0 amide bonds. The van der Waals surface area contributed by atoms with Crippen molar-refractivity contribution in [3.63, 3.8) is 0 Å². The fourth-order valence-corrected chi connectivity index (χ4v) is 4.78. The van der Waals surface area contributed by atoms with Crippen molar-refractivity contribution in [1.29, 1.82) is 0 Å². The number of aromatic nitrogens is 1. The van der Waals surface area contributed by atoms with Crippen LogP contribution in [0.1, 0.15) is 37.9 Å². The lowest BCUT2D eigenvalue weighted by atomic mass is 9.99. The Morgan fingerprint density at radius 2 is 1.86 bits per heavy atom. The summed E-state index contributed by atoms with van der Waals surface area (Å²) in [7, 11) is 0. The topological polar surface area (TPSA) is 120 Å². The number of hydrogen-bond donors (Lipinski definition) is 2. The van der Waals surface area contributed by atoms with Crippen molar-refractivity contribution in [2.75, 3.05) is 6.61 Å². The lowest BCUT2D eigenvalue weighted by Gasteiger charge is -2.22. The lowest BCUT2D eigenvalue weighted by Crippen LogP contribution is -2.18. The van der Waals surface area contributed by atoms with E-state index in [9.17, 15) is 28.7 Å². The number of alkyl halides is 2. The third-order valence-corrected chi connectivity index (χ3v) is 7.62. The van der Waals surface area contributed by atoms with Gasteiger partial charge in [0.25, 0.3) is 0 Å². The van der Waals surface area contributed by atoms with Crippen LogP contribution >= 0.6 is 23.2 Å². The van der Waals surface area contributed by atoms with Crippen LogP contribution in [0.4, 0.5) is 14.5 Å². The van der Waals surface area contributed by atoms with Gasteiger partial charge in [0.2, 0.25) is 11.8 Å². The van der Waals surface area contributed by atoms with E-state index in [1.54, 1.807) is 13.0 Å². The molecule has 0 radical (unpaired) electrons. The summed E-state index contributed by atoms with van der Waals surface area (Å²) in [6, 6.07) is 8.16. The summed E-state index contributed by atoms with van der Waals surface area (Å²) in [5.74, 6) is -1.65. The van der Waals surface area contributed by atoms with Gasteiger partial charge >= 0.3 is 12.6 Å². The number of carbonyl (C=O) groups is 1. The molecular weight excluding hydrogens is 609 g/mol. The number of nitroso groups, excluding NO2 is 1. The maximum absolute atomic E-state index is 13.3. The molecule has 2 N–H and O–H groups in total. The number of fused-ring (bicyclic) bond motifs is 1. The molecule has 4 rings (SSSR count). The normalized spacial score (nSPS) is 14.8. The highest BCUT2D eigenvalue weighted by atomic mass is 35.5. The molecule has 9 nitrogen and oxygen atoms in total. The highest BCUT2D eigenvalue weighted by Crippen LogP contribution is 2.41. The van der Waals surface area contributed by atoms with Crippen LogP contribution in [0, 0.1) is 10.8 Å². The van der Waals surface area contributed by atoms with E-state index in [-0.39, 0.29) is 44.4 Å². The molecule has 228 valence electrons. The van der Waals surface area contributed by atoms with Gasteiger partial charge < -0.3 is 24.4 Å². The maximum Gasteiger partial charge on any atom is 0.387 e. The van der Waals surface area contributed by atoms with Gasteiger partial charge in [-0.3, -0.25) is 9.36 Å². The van der Waals surface area contributed by atoms with Crippen LogP contribution in [0.5, 0.6) is 23.3 Å². The summed E-state index contributed by atoms with van der Waals surface area (Å²) in [5.41, 5.74) is 0.749. The van der Waals surface area contributed by atoms with Gasteiger partial charge in [-0.25, -0.2) is 0 Å². The molecular formula is C30H28Cl2F2N2O7. The third kappa shape index (κ3) is 7.66. The van der Waals surface area contributed by atoms with Crippen LogP contribution in [-0.4, -0.2) is 34.0 Å². The molecule has 1 fully saturated rings. The van der Waals surface area contributed by atoms with Crippen molar-refractivity contribution >= 4 is 45.6 Å². The minimum Gasteiger partial charge on any atom is -0.494 e. The van der Waals surface area contributed by atoms with Crippen LogP contribution < -0.4 is 9.47 Å². The van der Waals surface area contributed by atoms with Crippen molar-refractivity contribution in [3.8, 4) is 23.3 Å². The average Bonchev–Trinajstić information content (AvgIpc) is 3.80. The molecule has 13 heteroatoms. The number of halogens is 4. The summed E-state index contributed by atoms with van der Waals surface area (Å²) in [4.78, 5) is 24.2. The van der Waals surface area contributed by atoms with Crippen LogP contribution in [0.15, 0.2) is 75.9 Å². The maximum atomic E-state index is 13.3. The summed E-state index contributed by atoms with van der Waals surface area (Å²) < 4.78 is 43.3. The SMILES string of the molecule is C=C/C(Cl)=C(C[C@H](OC(=O)Cn1c(O)c2ccc(N=O)cc2c1O)c1ccc(OC(F)F)c(OCC2CC2)c1)\C(Cl)=C/C. The van der Waals surface area contributed by atoms with Gasteiger partial charge in [-0.05, 0) is 72.3 Å². The highest BCUT2D eigenvalue weighted by molar-refractivity contribution is 6.36. The molecule has 43 heavy (non-hydrogen) atoms. The van der Waals surface area contributed by atoms with Crippen LogP contribution in [0.2, 0.25) is 0 Å². The second-order valence-corrected chi connectivity index (χ2v) is 10.6. The highest BCUT2D eigenvalue weighted by Gasteiger charge is 2.27. The van der Waals surface area contributed by atoms with Gasteiger partial charge in [0.15, 0.2) is 11.5 Å². The monoisotopic (exact) mass is 636 g/mol. The number of carbonyl (C=O) groups excluding carboxylic acids is 1. The lowest BCUT2D eigenvalue weighted by molar-refractivity contribution is -0.150. The summed E-state index contributed by atoms with van der Waals surface area (Å²) >= 11 is 12.8. The van der Waals surface area contributed by atoms with Crippen molar-refractivity contribution in [3.05, 3.63) is 81.2 Å².